The van der Waals surface area contributed by atoms with Gasteiger partial charge in [0, 0.05) is 24.8 Å². The van der Waals surface area contributed by atoms with Gasteiger partial charge in [0.25, 0.3) is 0 Å². The molecule has 0 bridgehead atoms. The summed E-state index contributed by atoms with van der Waals surface area (Å²) < 4.78 is 0. The van der Waals surface area contributed by atoms with Crippen LogP contribution in [0.1, 0.15) is 110 Å². The Morgan fingerprint density at radius 1 is 0.692 bits per heavy atom. The van der Waals surface area contributed by atoms with Crippen molar-refractivity contribution < 1.29 is 14.4 Å². The molecule has 0 spiro atoms. The lowest BCUT2D eigenvalue weighted by atomic mass is 9.75. The first-order chi connectivity index (χ1) is 12.6. The van der Waals surface area contributed by atoms with E-state index in [1.807, 2.05) is 0 Å². The van der Waals surface area contributed by atoms with E-state index in [0.717, 1.165) is 38.1 Å². The van der Waals surface area contributed by atoms with Crippen LogP contribution in [0.5, 0.6) is 0 Å². The van der Waals surface area contributed by atoms with E-state index in [4.69, 9.17) is 5.73 Å². The van der Waals surface area contributed by atoms with Gasteiger partial charge in [0.1, 0.15) is 18.9 Å². The second-order valence-electron chi connectivity index (χ2n) is 7.75. The molecule has 0 rings (SSSR count). The fourth-order valence-corrected chi connectivity index (χ4v) is 3.71. The van der Waals surface area contributed by atoms with Gasteiger partial charge >= 0.3 is 0 Å². The van der Waals surface area contributed by atoms with Gasteiger partial charge in [0.15, 0.2) is 0 Å². The molecular formula is C22H41NO3. The summed E-state index contributed by atoms with van der Waals surface area (Å²) in [4.78, 5) is 32.7. The van der Waals surface area contributed by atoms with E-state index >= 15 is 0 Å². The Balaban J connectivity index is 3.84. The molecule has 0 aromatic carbocycles. The number of hydrogen-bond donors (Lipinski definition) is 1. The highest BCUT2D eigenvalue weighted by atomic mass is 16.1. The van der Waals surface area contributed by atoms with Crippen LogP contribution in [0.2, 0.25) is 0 Å². The summed E-state index contributed by atoms with van der Waals surface area (Å²) in [7, 11) is 0. The van der Waals surface area contributed by atoms with Gasteiger partial charge in [-0.25, -0.2) is 0 Å². The van der Waals surface area contributed by atoms with E-state index < -0.39 is 5.54 Å². The van der Waals surface area contributed by atoms with Crippen molar-refractivity contribution in [2.45, 2.75) is 115 Å². The van der Waals surface area contributed by atoms with Crippen LogP contribution in [0, 0.1) is 5.92 Å². The van der Waals surface area contributed by atoms with E-state index in [1.54, 1.807) is 0 Å². The maximum absolute atomic E-state index is 11.0. The molecule has 0 saturated heterocycles. The molecule has 0 aliphatic heterocycles. The molecule has 26 heavy (non-hydrogen) atoms. The number of carbonyl (C=O) groups is 3. The van der Waals surface area contributed by atoms with Crippen molar-refractivity contribution in [3.05, 3.63) is 0 Å². The third-order valence-corrected chi connectivity index (χ3v) is 5.53. The standard InChI is InChI=1S/C22H41NO3/c1-2-3-4-5-6-7-8-9-10-11-12-13-14-21(15-18-24)22(23,16-19-25)17-20-26/h18-21H,2-17,23H2,1H3. The molecule has 4 nitrogen and oxygen atoms in total. The number of unbranched alkanes of at least 4 members (excludes halogenated alkanes) is 11. The summed E-state index contributed by atoms with van der Waals surface area (Å²) >= 11 is 0. The van der Waals surface area contributed by atoms with E-state index in [0.29, 0.717) is 6.42 Å². The first kappa shape index (κ1) is 25.0. The van der Waals surface area contributed by atoms with E-state index in [2.05, 4.69) is 6.92 Å². The maximum Gasteiger partial charge on any atom is 0.121 e. The SMILES string of the molecule is CCCCCCCCCCCCCCC(CC=O)C(N)(CC=O)CC=O. The van der Waals surface area contributed by atoms with Crippen molar-refractivity contribution >= 4 is 18.9 Å². The van der Waals surface area contributed by atoms with Gasteiger partial charge in [0.2, 0.25) is 0 Å². The Bertz CT molecular complexity index is 347. The van der Waals surface area contributed by atoms with E-state index in [-0.39, 0.29) is 18.8 Å². The van der Waals surface area contributed by atoms with Crippen molar-refractivity contribution in [2.24, 2.45) is 11.7 Å². The summed E-state index contributed by atoms with van der Waals surface area (Å²) in [6.07, 6.45) is 19.3. The predicted octanol–water partition coefficient (Wildman–Crippen LogP) is 5.16. The average Bonchev–Trinajstić information content (AvgIpc) is 2.62. The molecular weight excluding hydrogens is 326 g/mol. The van der Waals surface area contributed by atoms with Crippen molar-refractivity contribution in [1.29, 1.82) is 0 Å². The van der Waals surface area contributed by atoms with Crippen LogP contribution in [0.15, 0.2) is 0 Å². The molecule has 0 aromatic heterocycles. The van der Waals surface area contributed by atoms with Gasteiger partial charge in [-0.3, -0.25) is 0 Å². The third-order valence-electron chi connectivity index (χ3n) is 5.53. The molecule has 0 radical (unpaired) electrons. The Kier molecular flexibility index (Phi) is 16.7. The average molecular weight is 368 g/mol. The molecule has 1 atom stereocenters. The monoisotopic (exact) mass is 367 g/mol. The van der Waals surface area contributed by atoms with Crippen LogP contribution in [-0.2, 0) is 14.4 Å². The van der Waals surface area contributed by atoms with Crippen LogP contribution in [0.25, 0.3) is 0 Å². The lowest BCUT2D eigenvalue weighted by Crippen LogP contribution is -2.48. The van der Waals surface area contributed by atoms with Crippen molar-refractivity contribution in [1.82, 2.24) is 0 Å². The van der Waals surface area contributed by atoms with Crippen LogP contribution in [0.4, 0.5) is 0 Å². The highest BCUT2D eigenvalue weighted by Crippen LogP contribution is 2.29. The predicted molar refractivity (Wildman–Crippen MR) is 108 cm³/mol. The smallest absolute Gasteiger partial charge is 0.121 e. The molecule has 2 N–H and O–H groups in total. The Hall–Kier alpha value is -1.03. The highest BCUT2D eigenvalue weighted by molar-refractivity contribution is 5.59. The van der Waals surface area contributed by atoms with Gasteiger partial charge in [-0.15, -0.1) is 0 Å². The topological polar surface area (TPSA) is 77.2 Å². The van der Waals surface area contributed by atoms with Crippen LogP contribution in [-0.4, -0.2) is 24.4 Å². The zero-order valence-electron chi connectivity index (χ0n) is 16.9. The minimum atomic E-state index is -0.859. The lowest BCUT2D eigenvalue weighted by molar-refractivity contribution is -0.114. The molecule has 4 heteroatoms. The number of carbonyl (C=O) groups excluding carboxylic acids is 3. The third kappa shape index (κ3) is 12.3. The normalized spacial score (nSPS) is 12.7. The van der Waals surface area contributed by atoms with Crippen LogP contribution >= 0.6 is 0 Å². The van der Waals surface area contributed by atoms with Crippen LogP contribution < -0.4 is 5.73 Å². The van der Waals surface area contributed by atoms with E-state index in [1.165, 1.54) is 64.2 Å². The molecule has 0 heterocycles. The van der Waals surface area contributed by atoms with Crippen molar-refractivity contribution in [3.63, 3.8) is 0 Å². The highest BCUT2D eigenvalue weighted by Gasteiger charge is 2.33. The first-order valence-corrected chi connectivity index (χ1v) is 10.7. The molecule has 0 aliphatic carbocycles. The summed E-state index contributed by atoms with van der Waals surface area (Å²) in [5, 5.41) is 0. The number of rotatable bonds is 20. The fourth-order valence-electron chi connectivity index (χ4n) is 3.71. The van der Waals surface area contributed by atoms with Gasteiger partial charge in [-0.1, -0.05) is 84.0 Å². The molecule has 152 valence electrons. The first-order valence-electron chi connectivity index (χ1n) is 10.7. The van der Waals surface area contributed by atoms with E-state index in [9.17, 15) is 14.4 Å². The minimum Gasteiger partial charge on any atom is -0.324 e. The van der Waals surface area contributed by atoms with Gasteiger partial charge < -0.3 is 20.1 Å². The fraction of sp³-hybridized carbons (Fsp3) is 0.864. The molecule has 0 fully saturated rings. The zero-order valence-corrected chi connectivity index (χ0v) is 16.9. The largest absolute Gasteiger partial charge is 0.324 e. The number of hydrogen-bond acceptors (Lipinski definition) is 4. The Morgan fingerprint density at radius 3 is 1.50 bits per heavy atom. The Morgan fingerprint density at radius 2 is 1.12 bits per heavy atom. The number of aldehydes is 3. The van der Waals surface area contributed by atoms with Gasteiger partial charge in [-0.2, -0.15) is 0 Å². The molecule has 0 amide bonds. The summed E-state index contributed by atoms with van der Waals surface area (Å²) in [6.45, 7) is 2.25. The summed E-state index contributed by atoms with van der Waals surface area (Å²) in [5.74, 6) is -0.0847. The maximum atomic E-state index is 11.0. The quantitative estimate of drug-likeness (QED) is 0.238. The summed E-state index contributed by atoms with van der Waals surface area (Å²) in [6, 6.07) is 0. The summed E-state index contributed by atoms with van der Waals surface area (Å²) in [5.41, 5.74) is 5.41. The zero-order chi connectivity index (χ0) is 19.5. The van der Waals surface area contributed by atoms with Crippen molar-refractivity contribution in [2.75, 3.05) is 0 Å². The number of nitrogens with two attached hydrogens (primary N) is 1. The van der Waals surface area contributed by atoms with Gasteiger partial charge in [-0.05, 0) is 12.3 Å². The minimum absolute atomic E-state index is 0.0847. The molecule has 0 aromatic rings. The van der Waals surface area contributed by atoms with Crippen LogP contribution in [0.3, 0.4) is 0 Å². The molecule has 0 saturated carbocycles. The second-order valence-corrected chi connectivity index (χ2v) is 7.75. The van der Waals surface area contributed by atoms with Gasteiger partial charge in [0.05, 0.1) is 0 Å². The van der Waals surface area contributed by atoms with Crippen molar-refractivity contribution in [3.8, 4) is 0 Å². The Labute approximate surface area is 160 Å². The second kappa shape index (κ2) is 17.4. The molecule has 1 unspecified atom stereocenters. The lowest BCUT2D eigenvalue weighted by Gasteiger charge is -2.34. The molecule has 0 aliphatic rings.